The van der Waals surface area contributed by atoms with Gasteiger partial charge in [0, 0.05) is 6.61 Å². The minimum absolute atomic E-state index is 0.00986. The summed E-state index contributed by atoms with van der Waals surface area (Å²) >= 11 is 5.70. The van der Waals surface area contributed by atoms with E-state index in [0.717, 1.165) is 18.9 Å². The smallest absolute Gasteiger partial charge is 0.337 e. The third-order valence-electron chi connectivity index (χ3n) is 2.67. The van der Waals surface area contributed by atoms with Crippen LogP contribution in [0.5, 0.6) is 0 Å². The number of carbonyl (C=O) groups is 1. The molecule has 7 heteroatoms. The molecule has 1 aromatic rings. The van der Waals surface area contributed by atoms with Crippen molar-refractivity contribution in [3.8, 4) is 0 Å². The monoisotopic (exact) mass is 320 g/mol. The highest BCUT2D eigenvalue weighted by Gasteiger charge is 2.18. The molecule has 0 aliphatic carbocycles. The molecular weight excluding hydrogens is 304 g/mol. The number of unbranched alkanes of at least 4 members (excludes halogenated alkanes) is 1. The molecule has 5 nitrogen and oxygen atoms in total. The van der Waals surface area contributed by atoms with Gasteiger partial charge in [-0.3, -0.25) is 0 Å². The Morgan fingerprint density at radius 1 is 1.35 bits per heavy atom. The van der Waals surface area contributed by atoms with E-state index in [2.05, 4.69) is 0 Å². The van der Waals surface area contributed by atoms with E-state index in [1.165, 1.54) is 12.1 Å². The largest absolute Gasteiger partial charge is 0.478 e. The van der Waals surface area contributed by atoms with E-state index >= 15 is 0 Å². The fourth-order valence-corrected chi connectivity index (χ4v) is 2.84. The maximum atomic E-state index is 12.0. The number of ether oxygens (including phenoxy) is 1. The molecule has 0 unspecified atom stereocenters. The van der Waals surface area contributed by atoms with Crippen molar-refractivity contribution >= 4 is 27.4 Å². The fourth-order valence-electron chi connectivity index (χ4n) is 1.50. The Bertz CT molecular complexity index is 568. The minimum atomic E-state index is -3.57. The molecule has 0 atom stereocenters. The topological polar surface area (TPSA) is 80.7 Å². The van der Waals surface area contributed by atoms with Crippen LogP contribution in [0.1, 0.15) is 30.1 Å². The Balaban J connectivity index is 2.77. The van der Waals surface area contributed by atoms with Gasteiger partial charge >= 0.3 is 5.97 Å². The number of carboxylic acid groups (broad SMARTS) is 1. The Hall–Kier alpha value is -1.11. The zero-order chi connectivity index (χ0) is 15.2. The Labute approximate surface area is 123 Å². The predicted octanol–water partition coefficient (Wildman–Crippen LogP) is 2.63. The highest BCUT2D eigenvalue weighted by molar-refractivity contribution is 7.91. The minimum Gasteiger partial charge on any atom is -0.478 e. The first kappa shape index (κ1) is 16.9. The van der Waals surface area contributed by atoms with E-state index in [-0.39, 0.29) is 27.8 Å². The van der Waals surface area contributed by atoms with Gasteiger partial charge in [-0.1, -0.05) is 24.9 Å². The van der Waals surface area contributed by atoms with Gasteiger partial charge in [0.1, 0.15) is 0 Å². The number of sulfone groups is 1. The Morgan fingerprint density at radius 2 is 2.05 bits per heavy atom. The van der Waals surface area contributed by atoms with Gasteiger partial charge in [-0.25, -0.2) is 13.2 Å². The fraction of sp³-hybridized carbons (Fsp3) is 0.462. The van der Waals surface area contributed by atoms with Crippen LogP contribution in [-0.2, 0) is 14.6 Å². The van der Waals surface area contributed by atoms with Crippen LogP contribution in [0.4, 0.5) is 0 Å². The molecule has 0 saturated heterocycles. The van der Waals surface area contributed by atoms with Crippen LogP contribution < -0.4 is 0 Å². The summed E-state index contributed by atoms with van der Waals surface area (Å²) in [5.41, 5.74) is -0.223. The lowest BCUT2D eigenvalue weighted by Crippen LogP contribution is -2.14. The summed E-state index contributed by atoms with van der Waals surface area (Å²) in [5, 5.41) is 8.93. The molecule has 0 aromatic heterocycles. The van der Waals surface area contributed by atoms with Crippen molar-refractivity contribution in [2.45, 2.75) is 24.7 Å². The van der Waals surface area contributed by atoms with Crippen LogP contribution in [0.25, 0.3) is 0 Å². The predicted molar refractivity (Wildman–Crippen MR) is 76.2 cm³/mol. The summed E-state index contributed by atoms with van der Waals surface area (Å²) in [6.07, 6.45) is 1.86. The van der Waals surface area contributed by atoms with Crippen LogP contribution in [0.2, 0.25) is 5.02 Å². The summed E-state index contributed by atoms with van der Waals surface area (Å²) in [7, 11) is -3.57. The van der Waals surface area contributed by atoms with Gasteiger partial charge in [0.15, 0.2) is 9.84 Å². The van der Waals surface area contributed by atoms with Crippen LogP contribution in [0.15, 0.2) is 23.1 Å². The Morgan fingerprint density at radius 3 is 2.65 bits per heavy atom. The van der Waals surface area contributed by atoms with Crippen LogP contribution in [0, 0.1) is 0 Å². The SMILES string of the molecule is CCCCOCCS(=O)(=O)c1ccc(Cl)c(C(=O)O)c1. The maximum absolute atomic E-state index is 12.0. The van der Waals surface area contributed by atoms with Gasteiger partial charge in [0.25, 0.3) is 0 Å². The summed E-state index contributed by atoms with van der Waals surface area (Å²) < 4.78 is 29.3. The van der Waals surface area contributed by atoms with Crippen molar-refractivity contribution in [2.24, 2.45) is 0 Å². The molecule has 0 fully saturated rings. The first-order valence-corrected chi connectivity index (χ1v) is 8.25. The van der Waals surface area contributed by atoms with E-state index in [9.17, 15) is 13.2 Å². The third-order valence-corrected chi connectivity index (χ3v) is 4.67. The standard InChI is InChI=1S/C13H17ClO5S/c1-2-3-6-19-7-8-20(17,18)10-4-5-12(14)11(9-10)13(15)16/h4-5,9H,2-3,6-8H2,1H3,(H,15,16). The van der Waals surface area contributed by atoms with Gasteiger partial charge < -0.3 is 9.84 Å². The van der Waals surface area contributed by atoms with Gasteiger partial charge in [-0.15, -0.1) is 0 Å². The molecule has 1 rings (SSSR count). The third kappa shape index (κ3) is 4.77. The van der Waals surface area contributed by atoms with Crippen molar-refractivity contribution in [3.63, 3.8) is 0 Å². The van der Waals surface area contributed by atoms with Gasteiger partial charge in [0.05, 0.1) is 27.8 Å². The highest BCUT2D eigenvalue weighted by Crippen LogP contribution is 2.21. The molecule has 0 radical (unpaired) electrons. The van der Waals surface area contributed by atoms with Crippen molar-refractivity contribution in [3.05, 3.63) is 28.8 Å². The average Bonchev–Trinajstić information content (AvgIpc) is 2.38. The molecule has 0 heterocycles. The molecule has 1 aromatic carbocycles. The van der Waals surface area contributed by atoms with E-state index in [1.54, 1.807) is 0 Å². The number of hydrogen-bond acceptors (Lipinski definition) is 4. The van der Waals surface area contributed by atoms with Crippen molar-refractivity contribution < 1.29 is 23.1 Å². The number of halogens is 1. The van der Waals surface area contributed by atoms with Crippen LogP contribution in [-0.4, -0.2) is 38.5 Å². The molecular formula is C13H17ClO5S. The second-order valence-electron chi connectivity index (χ2n) is 4.23. The second kappa shape index (κ2) is 7.61. The average molecular weight is 321 g/mol. The van der Waals surface area contributed by atoms with E-state index < -0.39 is 15.8 Å². The van der Waals surface area contributed by atoms with Crippen molar-refractivity contribution in [1.29, 1.82) is 0 Å². The molecule has 1 N–H and O–H groups in total. The summed E-state index contributed by atoms with van der Waals surface area (Å²) in [6, 6.07) is 3.65. The number of hydrogen-bond donors (Lipinski definition) is 1. The number of benzene rings is 1. The lowest BCUT2D eigenvalue weighted by atomic mass is 10.2. The van der Waals surface area contributed by atoms with Gasteiger partial charge in [-0.2, -0.15) is 0 Å². The number of carboxylic acids is 1. The second-order valence-corrected chi connectivity index (χ2v) is 6.75. The molecule has 0 spiro atoms. The highest BCUT2D eigenvalue weighted by atomic mass is 35.5. The van der Waals surface area contributed by atoms with Crippen LogP contribution in [0.3, 0.4) is 0 Å². The van der Waals surface area contributed by atoms with Gasteiger partial charge in [0.2, 0.25) is 0 Å². The van der Waals surface area contributed by atoms with E-state index in [4.69, 9.17) is 21.4 Å². The molecule has 0 aliphatic rings. The lowest BCUT2D eigenvalue weighted by Gasteiger charge is -2.07. The molecule has 20 heavy (non-hydrogen) atoms. The zero-order valence-corrected chi connectivity index (χ0v) is 12.7. The van der Waals surface area contributed by atoms with E-state index in [0.29, 0.717) is 6.61 Å². The zero-order valence-electron chi connectivity index (χ0n) is 11.1. The first-order valence-electron chi connectivity index (χ1n) is 6.22. The van der Waals surface area contributed by atoms with E-state index in [1.807, 2.05) is 6.92 Å². The van der Waals surface area contributed by atoms with Crippen LogP contribution >= 0.6 is 11.6 Å². The van der Waals surface area contributed by atoms with Gasteiger partial charge in [-0.05, 0) is 24.6 Å². The summed E-state index contributed by atoms with van der Waals surface area (Å²) in [4.78, 5) is 10.9. The Kier molecular flexibility index (Phi) is 6.45. The number of aromatic carboxylic acids is 1. The lowest BCUT2D eigenvalue weighted by molar-refractivity contribution is 0.0697. The number of rotatable bonds is 8. The molecule has 0 saturated carbocycles. The van der Waals surface area contributed by atoms with Crippen molar-refractivity contribution in [1.82, 2.24) is 0 Å². The quantitative estimate of drug-likeness (QED) is 0.745. The summed E-state index contributed by atoms with van der Waals surface area (Å²) in [6.45, 7) is 2.63. The molecule has 112 valence electrons. The molecule has 0 amide bonds. The maximum Gasteiger partial charge on any atom is 0.337 e. The molecule has 0 aliphatic heterocycles. The molecule has 0 bridgehead atoms. The normalized spacial score (nSPS) is 11.5. The first-order chi connectivity index (χ1) is 9.38. The summed E-state index contributed by atoms with van der Waals surface area (Å²) in [5.74, 6) is -1.44. The van der Waals surface area contributed by atoms with Crippen molar-refractivity contribution in [2.75, 3.05) is 19.0 Å².